The molecule has 0 aliphatic carbocycles. The maximum absolute atomic E-state index is 14.0. The zero-order valence-corrected chi connectivity index (χ0v) is 23.5. The largest absolute Gasteiger partial charge is 0.458 e. The SMILES string of the molecule is Cc1ccc(N(C(=O)Cn2nnc(-c3ccc(C)o3)n2)C(C(=O)NC(C)(C)C)c2ccc(N(C)C)cc2)cc1. The van der Waals surface area contributed by atoms with E-state index < -0.39 is 11.6 Å². The maximum atomic E-state index is 14.0. The highest BCUT2D eigenvalue weighted by Gasteiger charge is 2.35. The first-order valence-corrected chi connectivity index (χ1v) is 12.7. The second-order valence-electron chi connectivity index (χ2n) is 10.8. The smallest absolute Gasteiger partial charge is 0.251 e. The highest BCUT2D eigenvalue weighted by Crippen LogP contribution is 2.30. The van der Waals surface area contributed by atoms with Crippen LogP contribution in [-0.4, -0.2) is 51.7 Å². The number of amides is 2. The number of furan rings is 1. The van der Waals surface area contributed by atoms with E-state index >= 15 is 0 Å². The molecule has 0 bridgehead atoms. The molecule has 1 atom stereocenters. The van der Waals surface area contributed by atoms with Crippen molar-refractivity contribution in [3.63, 3.8) is 0 Å². The normalized spacial score (nSPS) is 12.2. The van der Waals surface area contributed by atoms with E-state index in [1.165, 1.54) is 9.70 Å². The topological polar surface area (TPSA) is 109 Å². The molecule has 10 nitrogen and oxygen atoms in total. The number of hydrogen-bond donors (Lipinski definition) is 1. The van der Waals surface area contributed by atoms with Gasteiger partial charge in [-0.1, -0.05) is 29.8 Å². The quantitative estimate of drug-likeness (QED) is 0.362. The average molecular weight is 530 g/mol. The number of aromatic nitrogens is 4. The van der Waals surface area contributed by atoms with Gasteiger partial charge in [-0.15, -0.1) is 10.2 Å². The standard InChI is InChI=1S/C29H35N7O3/c1-19-8-13-23(14-9-19)36(25(37)18-35-32-27(31-33-35)24-17-10-20(2)39-24)26(28(38)30-29(3,4)5)21-11-15-22(16-12-21)34(6)7/h8-17,26H,18H2,1-7H3,(H,30,38). The number of tetrazole rings is 1. The minimum absolute atomic E-state index is 0.227. The molecular formula is C29H35N7O3. The zero-order chi connectivity index (χ0) is 28.3. The lowest BCUT2D eigenvalue weighted by Crippen LogP contribution is -2.50. The average Bonchev–Trinajstić information content (AvgIpc) is 3.51. The van der Waals surface area contributed by atoms with Crippen LogP contribution in [0.25, 0.3) is 11.6 Å². The lowest BCUT2D eigenvalue weighted by molar-refractivity contribution is -0.128. The predicted molar refractivity (Wildman–Crippen MR) is 150 cm³/mol. The minimum Gasteiger partial charge on any atom is -0.458 e. The molecule has 2 aromatic carbocycles. The molecule has 0 radical (unpaired) electrons. The fourth-order valence-corrected chi connectivity index (χ4v) is 4.11. The third-order valence-electron chi connectivity index (χ3n) is 6.00. The molecule has 10 heteroatoms. The number of benzene rings is 2. The van der Waals surface area contributed by atoms with Crippen LogP contribution < -0.4 is 15.1 Å². The minimum atomic E-state index is -0.939. The Morgan fingerprint density at radius 3 is 2.15 bits per heavy atom. The van der Waals surface area contributed by atoms with E-state index in [9.17, 15) is 9.59 Å². The molecule has 0 spiro atoms. The Hall–Kier alpha value is -4.47. The van der Waals surface area contributed by atoms with Gasteiger partial charge in [-0.2, -0.15) is 4.80 Å². The van der Waals surface area contributed by atoms with Crippen LogP contribution >= 0.6 is 0 Å². The fraction of sp³-hybridized carbons (Fsp3) is 0.345. The van der Waals surface area contributed by atoms with Gasteiger partial charge in [0.05, 0.1) is 0 Å². The predicted octanol–water partition coefficient (Wildman–Crippen LogP) is 4.31. The molecule has 2 heterocycles. The fourth-order valence-electron chi connectivity index (χ4n) is 4.11. The number of carbonyl (C=O) groups excluding carboxylic acids is 2. The second-order valence-corrected chi connectivity index (χ2v) is 10.8. The van der Waals surface area contributed by atoms with Gasteiger partial charge in [0.25, 0.3) is 5.91 Å². The molecule has 4 rings (SSSR count). The maximum Gasteiger partial charge on any atom is 0.251 e. The lowest BCUT2D eigenvalue weighted by Gasteiger charge is -2.34. The van der Waals surface area contributed by atoms with Crippen LogP contribution in [0.1, 0.15) is 43.7 Å². The second kappa shape index (κ2) is 11.1. The molecule has 4 aromatic rings. The summed E-state index contributed by atoms with van der Waals surface area (Å²) in [4.78, 5) is 32.5. The van der Waals surface area contributed by atoms with E-state index in [-0.39, 0.29) is 24.2 Å². The van der Waals surface area contributed by atoms with Crippen molar-refractivity contribution in [3.8, 4) is 11.6 Å². The summed E-state index contributed by atoms with van der Waals surface area (Å²) in [7, 11) is 3.90. The van der Waals surface area contributed by atoms with E-state index in [0.717, 1.165) is 17.0 Å². The molecule has 0 aliphatic heterocycles. The highest BCUT2D eigenvalue weighted by atomic mass is 16.3. The monoisotopic (exact) mass is 529 g/mol. The molecule has 0 aliphatic rings. The number of carbonyl (C=O) groups is 2. The summed E-state index contributed by atoms with van der Waals surface area (Å²) in [5.41, 5.74) is 2.76. The van der Waals surface area contributed by atoms with Gasteiger partial charge in [0, 0.05) is 31.0 Å². The van der Waals surface area contributed by atoms with Gasteiger partial charge >= 0.3 is 0 Å². The summed E-state index contributed by atoms with van der Waals surface area (Å²) >= 11 is 0. The molecule has 0 fully saturated rings. The van der Waals surface area contributed by atoms with Gasteiger partial charge in [-0.25, -0.2) is 0 Å². The van der Waals surface area contributed by atoms with Crippen LogP contribution in [0.4, 0.5) is 11.4 Å². The van der Waals surface area contributed by atoms with E-state index in [0.29, 0.717) is 17.0 Å². The van der Waals surface area contributed by atoms with Crippen molar-refractivity contribution >= 4 is 23.2 Å². The van der Waals surface area contributed by atoms with Gasteiger partial charge in [0.2, 0.25) is 11.7 Å². The van der Waals surface area contributed by atoms with Crippen LogP contribution in [0.5, 0.6) is 0 Å². The number of rotatable bonds is 8. The molecule has 39 heavy (non-hydrogen) atoms. The third kappa shape index (κ3) is 6.70. The van der Waals surface area contributed by atoms with Crippen LogP contribution in [0.2, 0.25) is 0 Å². The van der Waals surface area contributed by atoms with Crippen molar-refractivity contribution < 1.29 is 14.0 Å². The van der Waals surface area contributed by atoms with Crippen LogP contribution in [0.3, 0.4) is 0 Å². The number of hydrogen-bond acceptors (Lipinski definition) is 7. The number of aryl methyl sites for hydroxylation is 2. The van der Waals surface area contributed by atoms with Gasteiger partial charge in [0.15, 0.2) is 5.76 Å². The van der Waals surface area contributed by atoms with E-state index in [1.54, 1.807) is 12.1 Å². The molecule has 2 aromatic heterocycles. The summed E-state index contributed by atoms with van der Waals surface area (Å²) in [5.74, 6) is 0.788. The summed E-state index contributed by atoms with van der Waals surface area (Å²) in [6.45, 7) is 9.29. The molecule has 1 N–H and O–H groups in total. The van der Waals surface area contributed by atoms with Crippen molar-refractivity contribution in [2.24, 2.45) is 0 Å². The lowest BCUT2D eigenvalue weighted by atomic mass is 10.00. The van der Waals surface area contributed by atoms with Crippen molar-refractivity contribution in [3.05, 3.63) is 77.6 Å². The Labute approximate surface area is 228 Å². The molecule has 1 unspecified atom stereocenters. The van der Waals surface area contributed by atoms with Crippen molar-refractivity contribution in [2.75, 3.05) is 23.9 Å². The zero-order valence-electron chi connectivity index (χ0n) is 23.5. The molecule has 204 valence electrons. The Kier molecular flexibility index (Phi) is 7.85. The molecule has 0 saturated heterocycles. The first-order chi connectivity index (χ1) is 18.4. The van der Waals surface area contributed by atoms with E-state index in [4.69, 9.17) is 4.42 Å². The van der Waals surface area contributed by atoms with Gasteiger partial charge in [-0.3, -0.25) is 14.5 Å². The molecular weight excluding hydrogens is 494 g/mol. The highest BCUT2D eigenvalue weighted by molar-refractivity contribution is 6.01. The van der Waals surface area contributed by atoms with Crippen molar-refractivity contribution in [1.82, 2.24) is 25.5 Å². The number of nitrogens with one attached hydrogen (secondary N) is 1. The Bertz CT molecular complexity index is 1430. The summed E-state index contributed by atoms with van der Waals surface area (Å²) in [6, 6.07) is 17.7. The first-order valence-electron chi connectivity index (χ1n) is 12.7. The summed E-state index contributed by atoms with van der Waals surface area (Å²) in [5, 5.41) is 15.5. The van der Waals surface area contributed by atoms with Crippen LogP contribution in [0.15, 0.2) is 65.1 Å². The Morgan fingerprint density at radius 1 is 0.949 bits per heavy atom. The van der Waals surface area contributed by atoms with Gasteiger partial charge in [-0.05, 0) is 81.8 Å². The van der Waals surface area contributed by atoms with Crippen molar-refractivity contribution in [2.45, 2.75) is 52.7 Å². The van der Waals surface area contributed by atoms with Crippen LogP contribution in [-0.2, 0) is 16.1 Å². The third-order valence-corrected chi connectivity index (χ3v) is 6.00. The van der Waals surface area contributed by atoms with Gasteiger partial charge < -0.3 is 14.6 Å². The van der Waals surface area contributed by atoms with E-state index in [2.05, 4.69) is 20.7 Å². The Morgan fingerprint density at radius 2 is 1.59 bits per heavy atom. The Balaban J connectivity index is 1.75. The first kappa shape index (κ1) is 27.6. The molecule has 2 amide bonds. The number of nitrogens with zero attached hydrogens (tertiary/aromatic N) is 6. The van der Waals surface area contributed by atoms with Crippen LogP contribution in [0, 0.1) is 13.8 Å². The number of anilines is 2. The van der Waals surface area contributed by atoms with E-state index in [1.807, 2.05) is 102 Å². The summed E-state index contributed by atoms with van der Waals surface area (Å²) in [6.07, 6.45) is 0. The van der Waals surface area contributed by atoms with Crippen molar-refractivity contribution in [1.29, 1.82) is 0 Å². The van der Waals surface area contributed by atoms with Gasteiger partial charge in [0.1, 0.15) is 18.3 Å². The summed E-state index contributed by atoms with van der Waals surface area (Å²) < 4.78 is 5.59. The molecule has 0 saturated carbocycles.